The number of carbonyl (C=O) groups is 1. The van der Waals surface area contributed by atoms with E-state index >= 15 is 0 Å². The standard InChI is InChI=1S/C15H30N4O.2ClH/c1-18(2)14-5-9-19(10-6-14)11-8-17-15(20)13-4-3-7-16-12-13;;/h13-14,16H,3-12H2,1-2H3,(H,17,20);2*1H. The molecule has 2 aliphatic rings. The van der Waals surface area contributed by atoms with Crippen molar-refractivity contribution in [3.63, 3.8) is 0 Å². The van der Waals surface area contributed by atoms with Gasteiger partial charge in [0, 0.05) is 25.7 Å². The molecule has 2 N–H and O–H groups in total. The number of rotatable bonds is 5. The highest BCUT2D eigenvalue weighted by Gasteiger charge is 2.22. The lowest BCUT2D eigenvalue weighted by Gasteiger charge is -2.35. The Bertz CT molecular complexity index is 304. The molecule has 1 amide bonds. The lowest BCUT2D eigenvalue weighted by molar-refractivity contribution is -0.125. The minimum absolute atomic E-state index is 0. The van der Waals surface area contributed by atoms with Gasteiger partial charge in [-0.05, 0) is 59.4 Å². The van der Waals surface area contributed by atoms with Crippen LogP contribution in [0.5, 0.6) is 0 Å². The summed E-state index contributed by atoms with van der Waals surface area (Å²) >= 11 is 0. The molecule has 5 nitrogen and oxygen atoms in total. The maximum atomic E-state index is 12.0. The number of amides is 1. The molecule has 2 heterocycles. The molecule has 1 unspecified atom stereocenters. The maximum Gasteiger partial charge on any atom is 0.224 e. The zero-order valence-electron chi connectivity index (χ0n) is 13.8. The van der Waals surface area contributed by atoms with Gasteiger partial charge in [-0.25, -0.2) is 0 Å². The molecule has 0 bridgehead atoms. The van der Waals surface area contributed by atoms with Crippen molar-refractivity contribution in [2.45, 2.75) is 31.7 Å². The topological polar surface area (TPSA) is 47.6 Å². The van der Waals surface area contributed by atoms with Crippen molar-refractivity contribution in [2.24, 2.45) is 5.92 Å². The lowest BCUT2D eigenvalue weighted by Crippen LogP contribution is -2.46. The molecule has 7 heteroatoms. The zero-order chi connectivity index (χ0) is 14.4. The highest BCUT2D eigenvalue weighted by atomic mass is 35.5. The number of halogens is 2. The first-order chi connectivity index (χ1) is 9.66. The predicted molar refractivity (Wildman–Crippen MR) is 96.2 cm³/mol. The van der Waals surface area contributed by atoms with Gasteiger partial charge in [-0.2, -0.15) is 0 Å². The lowest BCUT2D eigenvalue weighted by atomic mass is 9.99. The fourth-order valence-electron chi connectivity index (χ4n) is 3.22. The van der Waals surface area contributed by atoms with E-state index in [2.05, 4.69) is 34.5 Å². The molecule has 2 fully saturated rings. The highest BCUT2D eigenvalue weighted by Crippen LogP contribution is 2.13. The first-order valence-electron chi connectivity index (χ1n) is 8.04. The van der Waals surface area contributed by atoms with E-state index < -0.39 is 0 Å². The van der Waals surface area contributed by atoms with Crippen LogP contribution in [0.4, 0.5) is 0 Å². The van der Waals surface area contributed by atoms with Crippen LogP contribution in [-0.2, 0) is 4.79 Å². The van der Waals surface area contributed by atoms with Gasteiger partial charge in [0.15, 0.2) is 0 Å². The van der Waals surface area contributed by atoms with Crippen LogP contribution in [0.3, 0.4) is 0 Å². The van der Waals surface area contributed by atoms with E-state index in [1.165, 1.54) is 12.8 Å². The molecule has 0 aromatic heterocycles. The SMILES string of the molecule is CN(C)C1CCN(CCNC(=O)C2CCCNC2)CC1.Cl.Cl. The van der Waals surface area contributed by atoms with E-state index in [0.717, 1.165) is 58.2 Å². The third-order valence-electron chi connectivity index (χ3n) is 4.68. The maximum absolute atomic E-state index is 12.0. The van der Waals surface area contributed by atoms with Crippen molar-refractivity contribution in [3.8, 4) is 0 Å². The van der Waals surface area contributed by atoms with Crippen LogP contribution in [-0.4, -0.2) is 75.1 Å². The second-order valence-electron chi connectivity index (χ2n) is 6.37. The fraction of sp³-hybridized carbons (Fsp3) is 0.933. The fourth-order valence-corrected chi connectivity index (χ4v) is 3.22. The molecular weight excluding hydrogens is 323 g/mol. The molecule has 1 atom stereocenters. The summed E-state index contributed by atoms with van der Waals surface area (Å²) in [5.41, 5.74) is 0. The molecule has 132 valence electrons. The van der Waals surface area contributed by atoms with Crippen molar-refractivity contribution in [2.75, 3.05) is 53.4 Å². The van der Waals surface area contributed by atoms with Crippen molar-refractivity contribution in [1.29, 1.82) is 0 Å². The van der Waals surface area contributed by atoms with E-state index in [1.807, 2.05) is 0 Å². The van der Waals surface area contributed by atoms with Gasteiger partial charge in [0.2, 0.25) is 5.91 Å². The molecule has 0 radical (unpaired) electrons. The summed E-state index contributed by atoms with van der Waals surface area (Å²) in [6, 6.07) is 0.731. The van der Waals surface area contributed by atoms with Crippen molar-refractivity contribution >= 4 is 30.7 Å². The number of likely N-dealkylation sites (tertiary alicyclic amines) is 1. The van der Waals surface area contributed by atoms with Gasteiger partial charge in [-0.1, -0.05) is 0 Å². The van der Waals surface area contributed by atoms with Crippen molar-refractivity contribution in [1.82, 2.24) is 20.4 Å². The van der Waals surface area contributed by atoms with E-state index in [9.17, 15) is 4.79 Å². The third kappa shape index (κ3) is 7.01. The van der Waals surface area contributed by atoms with Gasteiger partial charge in [0.25, 0.3) is 0 Å². The summed E-state index contributed by atoms with van der Waals surface area (Å²) in [6.07, 6.45) is 4.64. The van der Waals surface area contributed by atoms with Gasteiger partial charge in [-0.15, -0.1) is 24.8 Å². The number of nitrogens with zero attached hydrogens (tertiary/aromatic N) is 2. The number of nitrogens with one attached hydrogen (secondary N) is 2. The Labute approximate surface area is 147 Å². The molecule has 0 saturated carbocycles. The van der Waals surface area contributed by atoms with Crippen molar-refractivity contribution in [3.05, 3.63) is 0 Å². The van der Waals surface area contributed by atoms with E-state index in [1.54, 1.807) is 0 Å². The summed E-state index contributed by atoms with van der Waals surface area (Å²) in [6.45, 7) is 6.01. The number of hydrogen-bond donors (Lipinski definition) is 2. The molecular formula is C15H32Cl2N4O. The van der Waals surface area contributed by atoms with Gasteiger partial charge in [0.1, 0.15) is 0 Å². The van der Waals surface area contributed by atoms with Gasteiger partial charge in [-0.3, -0.25) is 4.79 Å². The summed E-state index contributed by atoms with van der Waals surface area (Å²) < 4.78 is 0. The number of carbonyl (C=O) groups excluding carboxylic acids is 1. The average molecular weight is 355 g/mol. The Morgan fingerprint density at radius 1 is 1.23 bits per heavy atom. The summed E-state index contributed by atoms with van der Waals surface area (Å²) in [5, 5.41) is 6.40. The minimum Gasteiger partial charge on any atom is -0.355 e. The minimum atomic E-state index is 0. The monoisotopic (exact) mass is 354 g/mol. The molecule has 0 aromatic rings. The summed E-state index contributed by atoms with van der Waals surface area (Å²) in [4.78, 5) is 16.8. The quantitative estimate of drug-likeness (QED) is 0.772. The molecule has 2 rings (SSSR count). The summed E-state index contributed by atoms with van der Waals surface area (Å²) in [7, 11) is 4.33. The summed E-state index contributed by atoms with van der Waals surface area (Å²) in [5.74, 6) is 0.420. The zero-order valence-corrected chi connectivity index (χ0v) is 15.5. The first-order valence-corrected chi connectivity index (χ1v) is 8.04. The largest absolute Gasteiger partial charge is 0.355 e. The Kier molecular flexibility index (Phi) is 11.4. The molecule has 2 saturated heterocycles. The molecule has 22 heavy (non-hydrogen) atoms. The van der Waals surface area contributed by atoms with E-state index in [0.29, 0.717) is 0 Å². The van der Waals surface area contributed by atoms with Crippen LogP contribution in [0.2, 0.25) is 0 Å². The van der Waals surface area contributed by atoms with Gasteiger partial charge < -0.3 is 20.4 Å². The molecule has 0 spiro atoms. The van der Waals surface area contributed by atoms with Gasteiger partial charge >= 0.3 is 0 Å². The van der Waals surface area contributed by atoms with Gasteiger partial charge in [0.05, 0.1) is 5.92 Å². The van der Waals surface area contributed by atoms with Crippen LogP contribution < -0.4 is 10.6 Å². The van der Waals surface area contributed by atoms with Crippen LogP contribution in [0.25, 0.3) is 0 Å². The second-order valence-corrected chi connectivity index (χ2v) is 6.37. The van der Waals surface area contributed by atoms with Crippen molar-refractivity contribution < 1.29 is 4.79 Å². The van der Waals surface area contributed by atoms with E-state index in [4.69, 9.17) is 0 Å². The van der Waals surface area contributed by atoms with Crippen LogP contribution in [0.1, 0.15) is 25.7 Å². The highest BCUT2D eigenvalue weighted by molar-refractivity contribution is 5.85. The Morgan fingerprint density at radius 2 is 1.91 bits per heavy atom. The van der Waals surface area contributed by atoms with Crippen LogP contribution >= 0.6 is 24.8 Å². The molecule has 2 aliphatic heterocycles. The number of hydrogen-bond acceptors (Lipinski definition) is 4. The Balaban J connectivity index is 0.00000220. The van der Waals surface area contributed by atoms with E-state index in [-0.39, 0.29) is 36.6 Å². The first kappa shape index (κ1) is 21.9. The van der Waals surface area contributed by atoms with Crippen LogP contribution in [0.15, 0.2) is 0 Å². The predicted octanol–water partition coefficient (Wildman–Crippen LogP) is 0.972. The Morgan fingerprint density at radius 3 is 2.45 bits per heavy atom. The van der Waals surface area contributed by atoms with Crippen LogP contribution in [0, 0.1) is 5.92 Å². The molecule has 0 aromatic carbocycles. The second kappa shape index (κ2) is 11.5. The number of piperidine rings is 2. The Hall–Kier alpha value is -0.0700. The third-order valence-corrected chi connectivity index (χ3v) is 4.68. The average Bonchev–Trinajstić information content (AvgIpc) is 2.48. The molecule has 0 aliphatic carbocycles. The smallest absolute Gasteiger partial charge is 0.224 e. The normalized spacial score (nSPS) is 23.5.